The number of nitrogens with zero attached hydrogens (tertiary/aromatic N) is 2. The molecule has 1 fully saturated rings. The number of carbonyl (C=O) groups is 1. The van der Waals surface area contributed by atoms with Gasteiger partial charge in [0.15, 0.2) is 0 Å². The molecular formula is C26H35FN2OS. The lowest BCUT2D eigenvalue weighted by Gasteiger charge is -2.29. The second kappa shape index (κ2) is 10.2. The summed E-state index contributed by atoms with van der Waals surface area (Å²) in [6.45, 7) is 13.8. The number of amides is 1. The first kappa shape index (κ1) is 23.8. The number of thioether (sulfide) groups is 1. The first-order valence-corrected chi connectivity index (χ1v) is 12.2. The van der Waals surface area contributed by atoms with Gasteiger partial charge in [-0.15, -0.1) is 11.8 Å². The maximum atomic E-state index is 13.3. The molecule has 0 aromatic heterocycles. The minimum absolute atomic E-state index is 0.0277. The molecule has 31 heavy (non-hydrogen) atoms. The lowest BCUT2D eigenvalue weighted by molar-refractivity contribution is -0.132. The lowest BCUT2D eigenvalue weighted by Crippen LogP contribution is -2.41. The van der Waals surface area contributed by atoms with E-state index in [0.717, 1.165) is 31.0 Å². The van der Waals surface area contributed by atoms with Crippen LogP contribution in [-0.4, -0.2) is 41.1 Å². The number of benzene rings is 2. The Labute approximate surface area is 191 Å². The Morgan fingerprint density at radius 1 is 1.13 bits per heavy atom. The van der Waals surface area contributed by atoms with Gasteiger partial charge in [0.1, 0.15) is 11.2 Å². The molecule has 1 amide bonds. The van der Waals surface area contributed by atoms with Crippen molar-refractivity contribution in [1.82, 2.24) is 9.80 Å². The molecule has 1 aliphatic rings. The molecule has 2 aromatic rings. The van der Waals surface area contributed by atoms with Crippen molar-refractivity contribution in [3.63, 3.8) is 0 Å². The number of rotatable bonds is 7. The van der Waals surface area contributed by atoms with Crippen LogP contribution >= 0.6 is 11.8 Å². The van der Waals surface area contributed by atoms with Gasteiger partial charge >= 0.3 is 0 Å². The molecule has 0 bridgehead atoms. The quantitative estimate of drug-likeness (QED) is 0.537. The minimum Gasteiger partial charge on any atom is -0.325 e. The van der Waals surface area contributed by atoms with Crippen molar-refractivity contribution in [1.29, 1.82) is 0 Å². The predicted octanol–water partition coefficient (Wildman–Crippen LogP) is 5.86. The van der Waals surface area contributed by atoms with Gasteiger partial charge in [-0.25, -0.2) is 4.39 Å². The average molecular weight is 443 g/mol. The Morgan fingerprint density at radius 3 is 2.35 bits per heavy atom. The summed E-state index contributed by atoms with van der Waals surface area (Å²) in [7, 11) is 0. The molecule has 1 aliphatic heterocycles. The van der Waals surface area contributed by atoms with E-state index in [9.17, 15) is 9.18 Å². The monoisotopic (exact) mass is 442 g/mol. The number of hydrogen-bond donors (Lipinski definition) is 0. The largest absolute Gasteiger partial charge is 0.325 e. The second-order valence-electron chi connectivity index (χ2n) is 9.87. The molecule has 0 aliphatic carbocycles. The van der Waals surface area contributed by atoms with E-state index in [1.807, 2.05) is 4.90 Å². The highest BCUT2D eigenvalue weighted by atomic mass is 32.2. The zero-order valence-corrected chi connectivity index (χ0v) is 20.2. The van der Waals surface area contributed by atoms with Crippen LogP contribution in [0.4, 0.5) is 4.39 Å². The zero-order valence-electron chi connectivity index (χ0n) is 19.4. The van der Waals surface area contributed by atoms with E-state index in [-0.39, 0.29) is 22.5 Å². The van der Waals surface area contributed by atoms with Gasteiger partial charge in [0.25, 0.3) is 0 Å². The molecular weight excluding hydrogens is 407 g/mol. The molecule has 0 saturated carbocycles. The highest BCUT2D eigenvalue weighted by molar-refractivity contribution is 7.99. The molecule has 2 aromatic carbocycles. The van der Waals surface area contributed by atoms with Crippen LogP contribution in [0, 0.1) is 11.7 Å². The molecule has 3 nitrogen and oxygen atoms in total. The first-order chi connectivity index (χ1) is 14.6. The summed E-state index contributed by atoms with van der Waals surface area (Å²) in [6, 6.07) is 15.3. The molecule has 5 heteroatoms. The van der Waals surface area contributed by atoms with Crippen LogP contribution in [-0.2, 0) is 16.8 Å². The van der Waals surface area contributed by atoms with E-state index in [1.165, 1.54) is 23.3 Å². The van der Waals surface area contributed by atoms with Gasteiger partial charge in [-0.3, -0.25) is 9.69 Å². The Balaban J connectivity index is 1.69. The van der Waals surface area contributed by atoms with Crippen LogP contribution in [0.2, 0.25) is 0 Å². The highest BCUT2D eigenvalue weighted by Crippen LogP contribution is 2.38. The molecule has 0 radical (unpaired) electrons. The summed E-state index contributed by atoms with van der Waals surface area (Å²) in [5.74, 6) is 1.28. The van der Waals surface area contributed by atoms with Crippen molar-refractivity contribution in [2.45, 2.75) is 52.0 Å². The molecule has 3 rings (SSSR count). The molecule has 1 atom stereocenters. The zero-order chi connectivity index (χ0) is 22.6. The van der Waals surface area contributed by atoms with Crippen LogP contribution in [0.3, 0.4) is 0 Å². The van der Waals surface area contributed by atoms with E-state index < -0.39 is 0 Å². The predicted molar refractivity (Wildman–Crippen MR) is 129 cm³/mol. The van der Waals surface area contributed by atoms with Crippen molar-refractivity contribution < 1.29 is 9.18 Å². The second-order valence-corrected chi connectivity index (χ2v) is 11.1. The van der Waals surface area contributed by atoms with E-state index in [4.69, 9.17) is 0 Å². The van der Waals surface area contributed by atoms with Crippen LogP contribution in [0.25, 0.3) is 0 Å². The van der Waals surface area contributed by atoms with Crippen LogP contribution < -0.4 is 0 Å². The van der Waals surface area contributed by atoms with Gasteiger partial charge < -0.3 is 4.90 Å². The highest BCUT2D eigenvalue weighted by Gasteiger charge is 2.31. The van der Waals surface area contributed by atoms with Gasteiger partial charge in [-0.1, -0.05) is 71.0 Å². The third kappa shape index (κ3) is 6.56. The summed E-state index contributed by atoms with van der Waals surface area (Å²) in [6.07, 6.45) is 0. The Hall–Kier alpha value is -1.85. The number of halogens is 1. The van der Waals surface area contributed by atoms with Crippen LogP contribution in [0.1, 0.15) is 56.7 Å². The minimum atomic E-state index is -0.245. The summed E-state index contributed by atoms with van der Waals surface area (Å²) in [5.41, 5.74) is 3.67. The van der Waals surface area contributed by atoms with Gasteiger partial charge in [-0.05, 0) is 40.2 Å². The van der Waals surface area contributed by atoms with Gasteiger partial charge in [0.05, 0.1) is 6.54 Å². The van der Waals surface area contributed by atoms with Crippen LogP contribution in [0.15, 0.2) is 48.5 Å². The van der Waals surface area contributed by atoms with E-state index in [1.54, 1.807) is 23.9 Å². The number of carbonyl (C=O) groups excluding carboxylic acids is 1. The Kier molecular flexibility index (Phi) is 7.82. The Bertz CT molecular complexity index is 858. The third-order valence-electron chi connectivity index (χ3n) is 5.57. The number of hydrogen-bond acceptors (Lipinski definition) is 3. The Morgan fingerprint density at radius 2 is 1.77 bits per heavy atom. The van der Waals surface area contributed by atoms with Gasteiger partial charge in [0, 0.05) is 25.4 Å². The third-order valence-corrected chi connectivity index (χ3v) is 6.84. The van der Waals surface area contributed by atoms with E-state index >= 15 is 0 Å². The van der Waals surface area contributed by atoms with Crippen molar-refractivity contribution in [2.24, 2.45) is 5.92 Å². The SMILES string of the molecule is CC(C)CN(CC(=O)N1CCSC1c1ccc(F)cc1)Cc1ccc(C(C)(C)C)cc1. The average Bonchev–Trinajstić information content (AvgIpc) is 3.18. The fourth-order valence-electron chi connectivity index (χ4n) is 3.98. The van der Waals surface area contributed by atoms with Crippen molar-refractivity contribution >= 4 is 17.7 Å². The maximum Gasteiger partial charge on any atom is 0.237 e. The molecule has 1 saturated heterocycles. The van der Waals surface area contributed by atoms with E-state index in [0.29, 0.717) is 12.5 Å². The summed E-state index contributed by atoms with van der Waals surface area (Å²) >= 11 is 1.75. The lowest BCUT2D eigenvalue weighted by atomic mass is 9.87. The van der Waals surface area contributed by atoms with E-state index in [2.05, 4.69) is 63.8 Å². The molecule has 0 spiro atoms. The van der Waals surface area contributed by atoms with Gasteiger partial charge in [-0.2, -0.15) is 0 Å². The van der Waals surface area contributed by atoms with Crippen molar-refractivity contribution in [3.8, 4) is 0 Å². The fourth-order valence-corrected chi connectivity index (χ4v) is 5.26. The topological polar surface area (TPSA) is 23.6 Å². The maximum absolute atomic E-state index is 13.3. The summed E-state index contributed by atoms with van der Waals surface area (Å²) < 4.78 is 13.3. The molecule has 168 valence electrons. The van der Waals surface area contributed by atoms with Gasteiger partial charge in [0.2, 0.25) is 5.91 Å². The normalized spacial score (nSPS) is 17.0. The van der Waals surface area contributed by atoms with Crippen LogP contribution in [0.5, 0.6) is 0 Å². The summed E-state index contributed by atoms with van der Waals surface area (Å²) in [5, 5.41) is -0.0277. The molecule has 1 unspecified atom stereocenters. The van der Waals surface area contributed by atoms with Crippen molar-refractivity contribution in [3.05, 3.63) is 71.0 Å². The first-order valence-electron chi connectivity index (χ1n) is 11.1. The standard InChI is InChI=1S/C26H35FN2OS/c1-19(2)16-28(17-20-6-10-22(11-7-20)26(3,4)5)18-24(30)29-14-15-31-25(29)21-8-12-23(27)13-9-21/h6-13,19,25H,14-18H2,1-5H3. The molecule has 0 N–H and O–H groups in total. The van der Waals surface area contributed by atoms with Crippen molar-refractivity contribution in [2.75, 3.05) is 25.4 Å². The fraction of sp³-hybridized carbons (Fsp3) is 0.500. The molecule has 1 heterocycles. The smallest absolute Gasteiger partial charge is 0.237 e. The summed E-state index contributed by atoms with van der Waals surface area (Å²) in [4.78, 5) is 17.5.